The number of ether oxygens (including phenoxy) is 2. The first-order valence-corrected chi connectivity index (χ1v) is 7.09. The van der Waals surface area contributed by atoms with Crippen molar-refractivity contribution in [3.05, 3.63) is 58.7 Å². The number of nitrogens with zero attached hydrogens (tertiary/aromatic N) is 1. The van der Waals surface area contributed by atoms with Gasteiger partial charge in [0.15, 0.2) is 11.5 Å². The summed E-state index contributed by atoms with van der Waals surface area (Å²) in [7, 11) is 3.30. The standard InChI is InChI=1S/C18H19NO2.ClH/c1-12-4-6-15-13(10-12)8-9-19-18(15)14-5-7-16(20-2)17(11-14)21-3;/h4-7,10-11H,8-9H2,1-3H3;1H. The summed E-state index contributed by atoms with van der Waals surface area (Å²) in [5.74, 6) is 1.47. The molecule has 0 atom stereocenters. The summed E-state index contributed by atoms with van der Waals surface area (Å²) in [6, 6.07) is 12.5. The molecule has 1 aliphatic rings. The molecule has 3 nitrogen and oxygen atoms in total. The molecule has 0 aliphatic carbocycles. The molecule has 0 bridgehead atoms. The fraction of sp³-hybridized carbons (Fsp3) is 0.278. The van der Waals surface area contributed by atoms with Crippen molar-refractivity contribution in [1.82, 2.24) is 0 Å². The van der Waals surface area contributed by atoms with Crippen LogP contribution < -0.4 is 9.47 Å². The van der Waals surface area contributed by atoms with Gasteiger partial charge >= 0.3 is 0 Å². The van der Waals surface area contributed by atoms with E-state index < -0.39 is 0 Å². The van der Waals surface area contributed by atoms with Crippen LogP contribution in [0.2, 0.25) is 0 Å². The quantitative estimate of drug-likeness (QED) is 0.861. The fourth-order valence-corrected chi connectivity index (χ4v) is 2.76. The smallest absolute Gasteiger partial charge is 0.161 e. The minimum absolute atomic E-state index is 0. The molecule has 3 rings (SSSR count). The van der Waals surface area contributed by atoms with E-state index in [-0.39, 0.29) is 12.4 Å². The number of hydrogen-bond donors (Lipinski definition) is 0. The lowest BCUT2D eigenvalue weighted by molar-refractivity contribution is 0.355. The van der Waals surface area contributed by atoms with Crippen LogP contribution in [0.15, 0.2) is 41.4 Å². The fourth-order valence-electron chi connectivity index (χ4n) is 2.76. The molecule has 116 valence electrons. The molecule has 0 amide bonds. The Hall–Kier alpha value is -2.00. The molecule has 0 saturated heterocycles. The molecule has 22 heavy (non-hydrogen) atoms. The number of aryl methyl sites for hydroxylation is 1. The zero-order valence-corrected chi connectivity index (χ0v) is 13.9. The summed E-state index contributed by atoms with van der Waals surface area (Å²) < 4.78 is 10.7. The third kappa shape index (κ3) is 2.95. The molecule has 0 unspecified atom stereocenters. The maximum Gasteiger partial charge on any atom is 0.161 e. The summed E-state index contributed by atoms with van der Waals surface area (Å²) >= 11 is 0. The first-order valence-electron chi connectivity index (χ1n) is 7.09. The molecular formula is C18H20ClNO2. The Kier molecular flexibility index (Phi) is 5.09. The minimum Gasteiger partial charge on any atom is -0.493 e. The number of rotatable bonds is 3. The molecule has 0 spiro atoms. The first-order chi connectivity index (χ1) is 10.2. The van der Waals surface area contributed by atoms with Gasteiger partial charge in [-0.25, -0.2) is 0 Å². The van der Waals surface area contributed by atoms with Gasteiger partial charge < -0.3 is 9.47 Å². The SMILES string of the molecule is COc1ccc(C2=NCCc3cc(C)ccc32)cc1OC.Cl. The van der Waals surface area contributed by atoms with Gasteiger partial charge in [-0.05, 0) is 37.1 Å². The van der Waals surface area contributed by atoms with Gasteiger partial charge in [0.25, 0.3) is 0 Å². The number of benzene rings is 2. The van der Waals surface area contributed by atoms with Crippen molar-refractivity contribution in [2.75, 3.05) is 20.8 Å². The summed E-state index contributed by atoms with van der Waals surface area (Å²) in [5, 5.41) is 0. The average Bonchev–Trinajstić information content (AvgIpc) is 2.53. The van der Waals surface area contributed by atoms with Crippen LogP contribution in [-0.2, 0) is 6.42 Å². The molecule has 2 aromatic rings. The highest BCUT2D eigenvalue weighted by atomic mass is 35.5. The van der Waals surface area contributed by atoms with E-state index in [4.69, 9.17) is 14.5 Å². The molecule has 0 fully saturated rings. The Labute approximate surface area is 137 Å². The van der Waals surface area contributed by atoms with Crippen LogP contribution in [0.5, 0.6) is 11.5 Å². The molecule has 4 heteroatoms. The van der Waals surface area contributed by atoms with Crippen molar-refractivity contribution < 1.29 is 9.47 Å². The second-order valence-corrected chi connectivity index (χ2v) is 5.21. The van der Waals surface area contributed by atoms with Gasteiger partial charge in [0.2, 0.25) is 0 Å². The highest BCUT2D eigenvalue weighted by Gasteiger charge is 2.17. The molecule has 1 aliphatic heterocycles. The molecule has 2 aromatic carbocycles. The van der Waals surface area contributed by atoms with Crippen LogP contribution in [0.1, 0.15) is 22.3 Å². The molecule has 1 heterocycles. The second-order valence-electron chi connectivity index (χ2n) is 5.21. The van der Waals surface area contributed by atoms with E-state index in [1.807, 2.05) is 18.2 Å². The van der Waals surface area contributed by atoms with Crippen LogP contribution in [0.25, 0.3) is 0 Å². The minimum atomic E-state index is 0. The number of hydrogen-bond acceptors (Lipinski definition) is 3. The third-order valence-electron chi connectivity index (χ3n) is 3.82. The van der Waals surface area contributed by atoms with Gasteiger partial charge in [0.05, 0.1) is 19.9 Å². The largest absolute Gasteiger partial charge is 0.493 e. The normalized spacial score (nSPS) is 12.8. The predicted molar refractivity (Wildman–Crippen MR) is 92.2 cm³/mol. The van der Waals surface area contributed by atoms with E-state index in [2.05, 4.69) is 25.1 Å². The third-order valence-corrected chi connectivity index (χ3v) is 3.82. The molecule has 0 N–H and O–H groups in total. The number of methoxy groups -OCH3 is 2. The Morgan fingerprint density at radius 3 is 2.45 bits per heavy atom. The van der Waals surface area contributed by atoms with Crippen molar-refractivity contribution in [1.29, 1.82) is 0 Å². The van der Waals surface area contributed by atoms with E-state index in [0.717, 1.165) is 35.7 Å². The van der Waals surface area contributed by atoms with Gasteiger partial charge in [-0.15, -0.1) is 12.4 Å². The lowest BCUT2D eigenvalue weighted by Crippen LogP contribution is -2.14. The highest BCUT2D eigenvalue weighted by molar-refractivity contribution is 6.14. The topological polar surface area (TPSA) is 30.8 Å². The zero-order chi connectivity index (χ0) is 14.8. The van der Waals surface area contributed by atoms with Crippen molar-refractivity contribution in [2.24, 2.45) is 4.99 Å². The Balaban J connectivity index is 0.00000176. The van der Waals surface area contributed by atoms with Crippen LogP contribution in [0.4, 0.5) is 0 Å². The summed E-state index contributed by atoms with van der Waals surface area (Å²) in [6.45, 7) is 2.96. The van der Waals surface area contributed by atoms with Crippen molar-refractivity contribution >= 4 is 18.1 Å². The summed E-state index contributed by atoms with van der Waals surface area (Å²) in [6.07, 6.45) is 1.01. The van der Waals surface area contributed by atoms with Gasteiger partial charge in [0.1, 0.15) is 0 Å². The molecule has 0 radical (unpaired) electrons. The summed E-state index contributed by atoms with van der Waals surface area (Å²) in [4.78, 5) is 4.72. The summed E-state index contributed by atoms with van der Waals surface area (Å²) in [5.41, 5.74) is 5.99. The van der Waals surface area contributed by atoms with E-state index in [1.54, 1.807) is 14.2 Å². The molecular weight excluding hydrogens is 298 g/mol. The van der Waals surface area contributed by atoms with Crippen LogP contribution in [0.3, 0.4) is 0 Å². The maximum atomic E-state index is 5.39. The van der Waals surface area contributed by atoms with E-state index in [1.165, 1.54) is 16.7 Å². The van der Waals surface area contributed by atoms with Crippen LogP contribution in [-0.4, -0.2) is 26.5 Å². The highest BCUT2D eigenvalue weighted by Crippen LogP contribution is 2.30. The van der Waals surface area contributed by atoms with Crippen LogP contribution >= 0.6 is 12.4 Å². The number of aliphatic imine (C=N–C) groups is 1. The van der Waals surface area contributed by atoms with Crippen molar-refractivity contribution in [3.63, 3.8) is 0 Å². The Bertz CT molecular complexity index is 710. The van der Waals surface area contributed by atoms with E-state index in [0.29, 0.717) is 0 Å². The van der Waals surface area contributed by atoms with Crippen LogP contribution in [0, 0.1) is 6.92 Å². The second kappa shape index (κ2) is 6.84. The van der Waals surface area contributed by atoms with E-state index in [9.17, 15) is 0 Å². The molecule has 0 saturated carbocycles. The Morgan fingerprint density at radius 2 is 1.73 bits per heavy atom. The number of halogens is 1. The van der Waals surface area contributed by atoms with Gasteiger partial charge in [-0.3, -0.25) is 4.99 Å². The maximum absolute atomic E-state index is 5.39. The lowest BCUT2D eigenvalue weighted by Gasteiger charge is -2.18. The van der Waals surface area contributed by atoms with Crippen molar-refractivity contribution in [3.8, 4) is 11.5 Å². The predicted octanol–water partition coefficient (Wildman–Crippen LogP) is 3.83. The van der Waals surface area contributed by atoms with Gasteiger partial charge in [-0.2, -0.15) is 0 Å². The Morgan fingerprint density at radius 1 is 0.955 bits per heavy atom. The average molecular weight is 318 g/mol. The molecule has 0 aromatic heterocycles. The zero-order valence-electron chi connectivity index (χ0n) is 13.1. The number of fused-ring (bicyclic) bond motifs is 1. The first kappa shape index (κ1) is 16.4. The lowest BCUT2D eigenvalue weighted by atomic mass is 9.92. The van der Waals surface area contributed by atoms with Gasteiger partial charge in [-0.1, -0.05) is 23.8 Å². The van der Waals surface area contributed by atoms with Crippen molar-refractivity contribution in [2.45, 2.75) is 13.3 Å². The van der Waals surface area contributed by atoms with Gasteiger partial charge in [0, 0.05) is 17.7 Å². The monoisotopic (exact) mass is 317 g/mol. The van der Waals surface area contributed by atoms with E-state index >= 15 is 0 Å².